The van der Waals surface area contributed by atoms with Gasteiger partial charge in [-0.3, -0.25) is 4.79 Å². The normalized spacial score (nSPS) is 17.8. The lowest BCUT2D eigenvalue weighted by Gasteiger charge is -2.24. The Bertz CT molecular complexity index is 478. The van der Waals surface area contributed by atoms with Crippen molar-refractivity contribution in [2.24, 2.45) is 11.8 Å². The van der Waals surface area contributed by atoms with Crippen molar-refractivity contribution in [3.05, 3.63) is 35.4 Å². The lowest BCUT2D eigenvalue weighted by molar-refractivity contribution is 0.0738. The number of hydrogen-bond acceptors (Lipinski definition) is 2. The number of carbonyl (C=O) groups is 1. The van der Waals surface area contributed by atoms with Gasteiger partial charge in [0, 0.05) is 18.7 Å². The van der Waals surface area contributed by atoms with Gasteiger partial charge in [-0.15, -0.1) is 0 Å². The number of benzene rings is 1. The van der Waals surface area contributed by atoms with Crippen LogP contribution in [0.25, 0.3) is 0 Å². The van der Waals surface area contributed by atoms with Crippen LogP contribution in [0.3, 0.4) is 0 Å². The fraction of sp³-hybridized carbons (Fsp3) is 0.611. The largest absolute Gasteiger partial charge is 0.338 e. The van der Waals surface area contributed by atoms with Crippen molar-refractivity contribution < 1.29 is 4.79 Å². The van der Waals surface area contributed by atoms with Crippen LogP contribution in [0.15, 0.2) is 24.3 Å². The molecule has 3 nitrogen and oxygen atoms in total. The molecule has 0 aromatic heterocycles. The Morgan fingerprint density at radius 1 is 1.14 bits per heavy atom. The summed E-state index contributed by atoms with van der Waals surface area (Å²) in [6.07, 6.45) is 6.12. The van der Waals surface area contributed by atoms with Crippen molar-refractivity contribution in [2.75, 3.05) is 26.7 Å². The maximum absolute atomic E-state index is 13.0. The molecule has 0 spiro atoms. The Hall–Kier alpha value is -1.35. The Labute approximate surface area is 127 Å². The quantitative estimate of drug-likeness (QED) is 0.797. The molecule has 0 aliphatic heterocycles. The van der Waals surface area contributed by atoms with Crippen molar-refractivity contribution in [1.29, 1.82) is 0 Å². The van der Waals surface area contributed by atoms with Gasteiger partial charge < -0.3 is 10.2 Å². The first-order valence-corrected chi connectivity index (χ1v) is 8.29. The van der Waals surface area contributed by atoms with Gasteiger partial charge in [0.25, 0.3) is 5.91 Å². The van der Waals surface area contributed by atoms with Crippen LogP contribution in [0.1, 0.15) is 41.6 Å². The first-order valence-electron chi connectivity index (χ1n) is 8.29. The number of likely N-dealkylation sites (N-methyl/N-ethyl adjacent to an activating group) is 1. The number of nitrogens with one attached hydrogen (secondary N) is 1. The second-order valence-electron chi connectivity index (χ2n) is 6.61. The molecule has 0 atom stereocenters. The Morgan fingerprint density at radius 3 is 2.33 bits per heavy atom. The third-order valence-electron chi connectivity index (χ3n) is 4.53. The Morgan fingerprint density at radius 2 is 1.76 bits per heavy atom. The molecule has 3 rings (SSSR count). The van der Waals surface area contributed by atoms with Crippen LogP contribution in [0.2, 0.25) is 0 Å². The van der Waals surface area contributed by atoms with E-state index < -0.39 is 0 Å². The third-order valence-corrected chi connectivity index (χ3v) is 4.53. The molecule has 0 radical (unpaired) electrons. The van der Waals surface area contributed by atoms with Gasteiger partial charge in [-0.25, -0.2) is 0 Å². The van der Waals surface area contributed by atoms with Gasteiger partial charge >= 0.3 is 0 Å². The SMILES string of the molecule is CNCCc1ccccc1C(=O)N(CC1CC1)CC1CC1. The summed E-state index contributed by atoms with van der Waals surface area (Å²) >= 11 is 0. The fourth-order valence-corrected chi connectivity index (χ4v) is 2.84. The summed E-state index contributed by atoms with van der Waals surface area (Å²) in [5.74, 6) is 1.77. The molecule has 2 aliphatic rings. The molecule has 1 N–H and O–H groups in total. The summed E-state index contributed by atoms with van der Waals surface area (Å²) < 4.78 is 0. The van der Waals surface area contributed by atoms with Crippen LogP contribution in [0.5, 0.6) is 0 Å². The molecule has 2 aliphatic carbocycles. The van der Waals surface area contributed by atoms with Crippen molar-refractivity contribution in [1.82, 2.24) is 10.2 Å². The highest BCUT2D eigenvalue weighted by Gasteiger charge is 2.32. The molecule has 0 saturated heterocycles. The van der Waals surface area contributed by atoms with Crippen LogP contribution < -0.4 is 5.32 Å². The van der Waals surface area contributed by atoms with E-state index in [-0.39, 0.29) is 5.91 Å². The first kappa shape index (κ1) is 14.6. The van der Waals surface area contributed by atoms with Gasteiger partial charge in [0.05, 0.1) is 0 Å². The highest BCUT2D eigenvalue weighted by molar-refractivity contribution is 5.95. The highest BCUT2D eigenvalue weighted by Crippen LogP contribution is 2.34. The predicted octanol–water partition coefficient (Wildman–Crippen LogP) is 2.71. The third kappa shape index (κ3) is 4.07. The number of carbonyl (C=O) groups excluding carboxylic acids is 1. The number of rotatable bonds is 8. The Balaban J connectivity index is 1.73. The lowest BCUT2D eigenvalue weighted by atomic mass is 10.0. The predicted molar refractivity (Wildman–Crippen MR) is 85.4 cm³/mol. The molecule has 21 heavy (non-hydrogen) atoms. The minimum Gasteiger partial charge on any atom is -0.338 e. The second-order valence-corrected chi connectivity index (χ2v) is 6.61. The average Bonchev–Trinajstić information content (AvgIpc) is 3.39. The summed E-state index contributed by atoms with van der Waals surface area (Å²) in [4.78, 5) is 15.1. The number of hydrogen-bond donors (Lipinski definition) is 1. The lowest BCUT2D eigenvalue weighted by Crippen LogP contribution is -2.35. The van der Waals surface area contributed by atoms with Crippen LogP contribution in [0, 0.1) is 11.8 Å². The molecule has 3 heteroatoms. The smallest absolute Gasteiger partial charge is 0.254 e. The van der Waals surface area contributed by atoms with Crippen LogP contribution in [-0.2, 0) is 6.42 Å². The van der Waals surface area contributed by atoms with E-state index in [1.807, 2.05) is 25.2 Å². The number of nitrogens with zero attached hydrogens (tertiary/aromatic N) is 1. The van der Waals surface area contributed by atoms with E-state index in [0.29, 0.717) is 0 Å². The van der Waals surface area contributed by atoms with Gasteiger partial charge in [-0.2, -0.15) is 0 Å². The minimum absolute atomic E-state index is 0.250. The van der Waals surface area contributed by atoms with Crippen molar-refractivity contribution in [3.63, 3.8) is 0 Å². The van der Waals surface area contributed by atoms with Crippen molar-refractivity contribution in [3.8, 4) is 0 Å². The molecule has 1 aromatic carbocycles. The fourth-order valence-electron chi connectivity index (χ4n) is 2.84. The maximum atomic E-state index is 13.0. The van der Waals surface area contributed by atoms with Gasteiger partial charge in [0.1, 0.15) is 0 Å². The first-order chi connectivity index (χ1) is 10.3. The van der Waals surface area contributed by atoms with E-state index >= 15 is 0 Å². The van der Waals surface area contributed by atoms with Crippen LogP contribution in [-0.4, -0.2) is 37.5 Å². The minimum atomic E-state index is 0.250. The van der Waals surface area contributed by atoms with Gasteiger partial charge in [-0.05, 0) is 69.2 Å². The molecule has 0 unspecified atom stereocenters. The molecule has 0 heterocycles. The van der Waals surface area contributed by atoms with E-state index in [1.165, 1.54) is 31.2 Å². The second kappa shape index (κ2) is 6.61. The summed E-state index contributed by atoms with van der Waals surface area (Å²) in [5.41, 5.74) is 2.09. The summed E-state index contributed by atoms with van der Waals surface area (Å²) in [5, 5.41) is 3.17. The van der Waals surface area contributed by atoms with Gasteiger partial charge in [-0.1, -0.05) is 18.2 Å². The molecular weight excluding hydrogens is 260 g/mol. The topological polar surface area (TPSA) is 32.3 Å². The van der Waals surface area contributed by atoms with E-state index in [1.54, 1.807) is 0 Å². The monoisotopic (exact) mass is 286 g/mol. The molecule has 2 saturated carbocycles. The van der Waals surface area contributed by atoms with Crippen molar-refractivity contribution in [2.45, 2.75) is 32.1 Å². The highest BCUT2D eigenvalue weighted by atomic mass is 16.2. The molecule has 1 aromatic rings. The van der Waals surface area contributed by atoms with E-state index in [4.69, 9.17) is 0 Å². The van der Waals surface area contributed by atoms with E-state index in [2.05, 4.69) is 16.3 Å². The maximum Gasteiger partial charge on any atom is 0.254 e. The Kier molecular flexibility index (Phi) is 4.59. The molecule has 114 valence electrons. The zero-order chi connectivity index (χ0) is 14.7. The summed E-state index contributed by atoms with van der Waals surface area (Å²) in [7, 11) is 1.96. The van der Waals surface area contributed by atoms with E-state index in [9.17, 15) is 4.79 Å². The standard InChI is InChI=1S/C18H26N2O/c1-19-11-10-16-4-2-3-5-17(16)18(21)20(12-14-6-7-14)13-15-8-9-15/h2-5,14-15,19H,6-13H2,1H3. The average molecular weight is 286 g/mol. The van der Waals surface area contributed by atoms with Crippen LogP contribution >= 0.6 is 0 Å². The number of amides is 1. The zero-order valence-electron chi connectivity index (χ0n) is 13.0. The summed E-state index contributed by atoms with van der Waals surface area (Å²) in [6, 6.07) is 8.12. The van der Waals surface area contributed by atoms with Gasteiger partial charge in [0.2, 0.25) is 0 Å². The van der Waals surface area contributed by atoms with Gasteiger partial charge in [0.15, 0.2) is 0 Å². The molecule has 2 fully saturated rings. The molecular formula is C18H26N2O. The van der Waals surface area contributed by atoms with E-state index in [0.717, 1.165) is 43.5 Å². The molecule has 1 amide bonds. The van der Waals surface area contributed by atoms with Crippen LogP contribution in [0.4, 0.5) is 0 Å². The molecule has 0 bridgehead atoms. The zero-order valence-corrected chi connectivity index (χ0v) is 13.0. The summed E-state index contributed by atoms with van der Waals surface area (Å²) in [6.45, 7) is 2.85. The van der Waals surface area contributed by atoms with Crippen molar-refractivity contribution >= 4 is 5.91 Å².